The summed E-state index contributed by atoms with van der Waals surface area (Å²) in [6, 6.07) is 5.32. The van der Waals surface area contributed by atoms with Crippen LogP contribution in [0.3, 0.4) is 0 Å². The van der Waals surface area contributed by atoms with Gasteiger partial charge in [0.2, 0.25) is 0 Å². The Kier molecular flexibility index (Phi) is 8.09. The van der Waals surface area contributed by atoms with Gasteiger partial charge in [0.1, 0.15) is 18.2 Å². The maximum absolute atomic E-state index is 13.0. The van der Waals surface area contributed by atoms with Crippen molar-refractivity contribution in [3.05, 3.63) is 49.2 Å². The van der Waals surface area contributed by atoms with E-state index in [1.165, 1.54) is 23.3 Å². The molecule has 0 radical (unpaired) electrons. The first-order valence-corrected chi connectivity index (χ1v) is 16.2. The summed E-state index contributed by atoms with van der Waals surface area (Å²) in [6.45, 7) is 3.19. The van der Waals surface area contributed by atoms with Crippen molar-refractivity contribution in [3.63, 3.8) is 0 Å². The SMILES string of the molecule is CC(C)(O)C1CCC(Nc2cc(Nc3ccnc(-c4cnn(S(=O)(=O)C5CC5)c4)n3)ncc2-c2ccn(CC(F)F)n2)CC1. The molecule has 12 nitrogen and oxygen atoms in total. The lowest BCUT2D eigenvalue weighted by molar-refractivity contribution is -0.000393. The Morgan fingerprint density at radius 3 is 2.55 bits per heavy atom. The summed E-state index contributed by atoms with van der Waals surface area (Å²) in [5.74, 6) is 1.43. The molecule has 0 amide bonds. The van der Waals surface area contributed by atoms with Gasteiger partial charge in [0, 0.05) is 41.9 Å². The molecular formula is C29H35F2N9O3S. The Morgan fingerprint density at radius 2 is 1.84 bits per heavy atom. The topological polar surface area (TPSA) is 153 Å². The highest BCUT2D eigenvalue weighted by atomic mass is 32.2. The van der Waals surface area contributed by atoms with E-state index in [1.54, 1.807) is 24.5 Å². The van der Waals surface area contributed by atoms with E-state index in [1.807, 2.05) is 19.9 Å². The van der Waals surface area contributed by atoms with Crippen LogP contribution in [0.2, 0.25) is 0 Å². The average Bonchev–Trinajstić information content (AvgIpc) is 3.55. The highest BCUT2D eigenvalue weighted by molar-refractivity contribution is 7.90. The Bertz CT molecular complexity index is 1720. The number of hydrogen-bond acceptors (Lipinski definition) is 10. The highest BCUT2D eigenvalue weighted by Crippen LogP contribution is 2.36. The molecule has 0 unspecified atom stereocenters. The van der Waals surface area contributed by atoms with E-state index in [9.17, 15) is 22.3 Å². The first-order chi connectivity index (χ1) is 21.0. The van der Waals surface area contributed by atoms with Crippen LogP contribution in [0.15, 0.2) is 49.2 Å². The third-order valence-electron chi connectivity index (χ3n) is 8.17. The molecule has 44 heavy (non-hydrogen) atoms. The fourth-order valence-corrected chi connectivity index (χ4v) is 7.01. The molecule has 0 aliphatic heterocycles. The molecule has 2 saturated carbocycles. The van der Waals surface area contributed by atoms with Gasteiger partial charge < -0.3 is 15.7 Å². The molecule has 2 aliphatic carbocycles. The number of aromatic nitrogens is 7. The van der Waals surface area contributed by atoms with E-state index in [4.69, 9.17) is 0 Å². The van der Waals surface area contributed by atoms with Gasteiger partial charge >= 0.3 is 0 Å². The first kappa shape index (κ1) is 30.1. The van der Waals surface area contributed by atoms with Gasteiger partial charge in [-0.2, -0.15) is 14.3 Å². The van der Waals surface area contributed by atoms with Crippen molar-refractivity contribution in [1.29, 1.82) is 0 Å². The Balaban J connectivity index is 1.24. The highest BCUT2D eigenvalue weighted by Gasteiger charge is 2.38. The number of halogens is 2. The summed E-state index contributed by atoms with van der Waals surface area (Å²) >= 11 is 0. The summed E-state index contributed by atoms with van der Waals surface area (Å²) in [5, 5.41) is 25.2. The monoisotopic (exact) mass is 627 g/mol. The van der Waals surface area contributed by atoms with E-state index in [0.29, 0.717) is 47.1 Å². The van der Waals surface area contributed by atoms with E-state index in [-0.39, 0.29) is 12.0 Å². The van der Waals surface area contributed by atoms with Gasteiger partial charge in [-0.15, -0.1) is 0 Å². The predicted octanol–water partition coefficient (Wildman–Crippen LogP) is 4.69. The number of nitrogens with zero attached hydrogens (tertiary/aromatic N) is 7. The first-order valence-electron chi connectivity index (χ1n) is 14.7. The molecule has 234 valence electrons. The number of anilines is 3. The maximum atomic E-state index is 13.0. The standard InChI is InChI=1S/C29H35F2N9O3S/c1-29(2,41)19-3-5-20(6-4-19)35-24-13-27(33-15-22(24)23-10-12-39(38-23)17-25(30)31)36-26-9-11-32-28(37-26)18-14-34-40(16-18)44(42,43)21-7-8-21/h9-16,19-21,25,41H,3-8,17H2,1-2H3,(H2,32,33,35,36,37). The second-order valence-electron chi connectivity index (χ2n) is 12.0. The lowest BCUT2D eigenvalue weighted by Gasteiger charge is -2.36. The van der Waals surface area contributed by atoms with Crippen LogP contribution in [0.1, 0.15) is 52.4 Å². The molecule has 2 fully saturated rings. The molecule has 2 aliphatic rings. The maximum Gasteiger partial charge on any atom is 0.257 e. The fraction of sp³-hybridized carbons (Fsp3) is 0.483. The molecule has 0 saturated heterocycles. The minimum Gasteiger partial charge on any atom is -0.390 e. The van der Waals surface area contributed by atoms with Crippen LogP contribution >= 0.6 is 0 Å². The second kappa shape index (κ2) is 11.8. The van der Waals surface area contributed by atoms with Crippen LogP contribution in [0.5, 0.6) is 0 Å². The zero-order valence-corrected chi connectivity index (χ0v) is 25.3. The summed E-state index contributed by atoms with van der Waals surface area (Å²) < 4.78 is 53.2. The molecule has 4 aromatic heterocycles. The van der Waals surface area contributed by atoms with Crippen LogP contribution in [0.4, 0.5) is 26.1 Å². The van der Waals surface area contributed by atoms with Gasteiger partial charge in [-0.3, -0.25) is 4.68 Å². The van der Waals surface area contributed by atoms with Crippen LogP contribution < -0.4 is 10.6 Å². The number of pyridine rings is 1. The van der Waals surface area contributed by atoms with Gasteiger partial charge in [0.25, 0.3) is 16.4 Å². The molecule has 15 heteroatoms. The van der Waals surface area contributed by atoms with Gasteiger partial charge in [0.15, 0.2) is 5.82 Å². The minimum absolute atomic E-state index is 0.139. The second-order valence-corrected chi connectivity index (χ2v) is 14.1. The Labute approximate surface area is 254 Å². The molecule has 0 aromatic carbocycles. The van der Waals surface area contributed by atoms with Gasteiger partial charge in [0.05, 0.1) is 34.5 Å². The fourth-order valence-electron chi connectivity index (χ4n) is 5.54. The summed E-state index contributed by atoms with van der Waals surface area (Å²) in [7, 11) is -3.51. The normalized spacial score (nSPS) is 19.3. The van der Waals surface area contributed by atoms with Crippen LogP contribution in [0.25, 0.3) is 22.6 Å². The van der Waals surface area contributed by atoms with Crippen molar-refractivity contribution < 1.29 is 22.3 Å². The zero-order chi connectivity index (χ0) is 31.1. The number of rotatable bonds is 11. The van der Waals surface area contributed by atoms with E-state index in [2.05, 4.69) is 35.8 Å². The number of hydrogen-bond donors (Lipinski definition) is 3. The molecule has 6 rings (SSSR count). The van der Waals surface area contributed by atoms with Gasteiger partial charge in [-0.1, -0.05) is 0 Å². The number of nitrogens with one attached hydrogen (secondary N) is 2. The zero-order valence-electron chi connectivity index (χ0n) is 24.4. The van der Waals surface area contributed by atoms with E-state index in [0.717, 1.165) is 35.5 Å². The Morgan fingerprint density at radius 1 is 1.07 bits per heavy atom. The van der Waals surface area contributed by atoms with Crippen LogP contribution in [0, 0.1) is 5.92 Å². The largest absolute Gasteiger partial charge is 0.390 e. The number of alkyl halides is 2. The smallest absolute Gasteiger partial charge is 0.257 e. The molecule has 4 heterocycles. The van der Waals surface area contributed by atoms with E-state index >= 15 is 0 Å². The van der Waals surface area contributed by atoms with Crippen LogP contribution in [-0.2, 0) is 16.6 Å². The average molecular weight is 628 g/mol. The lowest BCUT2D eigenvalue weighted by Crippen LogP contribution is -2.37. The van der Waals surface area contributed by atoms with E-state index < -0.39 is 33.8 Å². The van der Waals surface area contributed by atoms with Crippen molar-refractivity contribution in [2.75, 3.05) is 10.6 Å². The third kappa shape index (κ3) is 6.73. The number of aliphatic hydroxyl groups is 1. The quantitative estimate of drug-likeness (QED) is 0.214. The van der Waals surface area contributed by atoms with Gasteiger partial charge in [-0.25, -0.2) is 32.2 Å². The third-order valence-corrected chi connectivity index (χ3v) is 10.2. The summed E-state index contributed by atoms with van der Waals surface area (Å²) in [6.07, 6.45) is 9.77. The molecule has 0 atom stereocenters. The van der Waals surface area contributed by atoms with Crippen molar-refractivity contribution in [2.45, 2.75) is 82.2 Å². The molecule has 3 N–H and O–H groups in total. The molecule has 0 bridgehead atoms. The lowest BCUT2D eigenvalue weighted by atomic mass is 9.77. The summed E-state index contributed by atoms with van der Waals surface area (Å²) in [4.78, 5) is 13.4. The minimum atomic E-state index is -3.51. The predicted molar refractivity (Wildman–Crippen MR) is 161 cm³/mol. The van der Waals surface area contributed by atoms with Crippen molar-refractivity contribution in [2.24, 2.45) is 5.92 Å². The van der Waals surface area contributed by atoms with Crippen molar-refractivity contribution in [1.82, 2.24) is 33.9 Å². The van der Waals surface area contributed by atoms with Crippen LogP contribution in [-0.4, -0.2) is 70.8 Å². The Hall–Kier alpha value is -3.98. The van der Waals surface area contributed by atoms with Crippen molar-refractivity contribution >= 4 is 27.3 Å². The molecular weight excluding hydrogens is 592 g/mol. The molecule has 0 spiro atoms. The molecule has 4 aromatic rings. The van der Waals surface area contributed by atoms with Crippen molar-refractivity contribution in [3.8, 4) is 22.6 Å². The van der Waals surface area contributed by atoms with Gasteiger partial charge in [-0.05, 0) is 70.4 Å². The summed E-state index contributed by atoms with van der Waals surface area (Å²) in [5.41, 5.74) is 1.64.